The smallest absolute Gasteiger partial charge is 0.254 e. The number of aryl methyl sites for hydroxylation is 1. The molecular formula is C48H51N9O7S. The highest BCUT2D eigenvalue weighted by atomic mass is 32.1. The molecule has 1 saturated heterocycles. The lowest BCUT2D eigenvalue weighted by Gasteiger charge is -2.29. The van der Waals surface area contributed by atoms with Crippen LogP contribution in [-0.2, 0) is 9.59 Å². The normalized spacial score (nSPS) is 16.3. The number of carbonyl (C=O) groups is 2. The van der Waals surface area contributed by atoms with Crippen molar-refractivity contribution >= 4 is 29.0 Å². The number of nitrogens with two attached hydrogens (primary N) is 1. The number of phenolic OH excluding ortho intramolecular Hbond substituents is 1. The Labute approximate surface area is 380 Å². The number of aliphatic hydroxyl groups excluding tert-OH is 1. The summed E-state index contributed by atoms with van der Waals surface area (Å²) in [4.78, 5) is 34.7. The Morgan fingerprint density at radius 1 is 0.938 bits per heavy atom. The minimum Gasteiger partial charge on any atom is -0.507 e. The van der Waals surface area contributed by atoms with Crippen LogP contribution in [0.3, 0.4) is 0 Å². The third kappa shape index (κ3) is 9.85. The number of rotatable bonds is 16. The first kappa shape index (κ1) is 44.5. The van der Waals surface area contributed by atoms with Crippen LogP contribution in [0.2, 0.25) is 0 Å². The van der Waals surface area contributed by atoms with Gasteiger partial charge in [-0.25, -0.2) is 4.98 Å². The number of nitrogen functional groups attached to an aromatic ring is 1. The third-order valence-electron chi connectivity index (χ3n) is 11.7. The minimum absolute atomic E-state index is 0.0275. The highest BCUT2D eigenvalue weighted by Crippen LogP contribution is 2.35. The molecule has 0 aliphatic carbocycles. The molecule has 7 aromatic rings. The molecule has 0 spiro atoms. The van der Waals surface area contributed by atoms with Gasteiger partial charge in [0, 0.05) is 41.9 Å². The van der Waals surface area contributed by atoms with E-state index in [1.165, 1.54) is 4.90 Å². The summed E-state index contributed by atoms with van der Waals surface area (Å²) in [5, 5.41) is 41.0. The van der Waals surface area contributed by atoms with Crippen molar-refractivity contribution in [3.05, 3.63) is 125 Å². The molecule has 1 unspecified atom stereocenters. The molecule has 16 nitrogen and oxygen atoms in total. The Morgan fingerprint density at radius 3 is 2.40 bits per heavy atom. The summed E-state index contributed by atoms with van der Waals surface area (Å²) in [5.74, 6) is -0.147. The van der Waals surface area contributed by atoms with Gasteiger partial charge in [0.15, 0.2) is 11.6 Å². The maximum absolute atomic E-state index is 14.2. The first-order chi connectivity index (χ1) is 31.3. The second-order valence-electron chi connectivity index (χ2n) is 16.5. The van der Waals surface area contributed by atoms with Crippen LogP contribution >= 0.6 is 11.3 Å². The zero-order valence-corrected chi connectivity index (χ0v) is 37.5. The fraction of sp³-hybridized carbons (Fsp3) is 0.312. The molecule has 0 bridgehead atoms. The molecule has 17 heteroatoms. The van der Waals surface area contributed by atoms with Gasteiger partial charge in [-0.1, -0.05) is 62.4 Å². The molecule has 0 radical (unpaired) electrons. The zero-order chi connectivity index (χ0) is 45.8. The molecule has 336 valence electrons. The van der Waals surface area contributed by atoms with Gasteiger partial charge in [0.25, 0.3) is 5.88 Å². The molecule has 65 heavy (non-hydrogen) atoms. The van der Waals surface area contributed by atoms with Crippen LogP contribution < -0.4 is 20.5 Å². The van der Waals surface area contributed by atoms with Gasteiger partial charge in [-0.15, -0.1) is 21.5 Å². The predicted molar refractivity (Wildman–Crippen MR) is 245 cm³/mol. The summed E-state index contributed by atoms with van der Waals surface area (Å²) >= 11 is 1.58. The standard InChI is InChI=1S/C48H51N9O7S/c1-27(2)44(48(61)56-25-35(58)20-40(56)47(60)52-28(3)31-10-12-33(13-11-31)45-29(4)50-26-65-45)42-22-43(55-64-42)63-19-18-62-36-16-14-32(15-17-36)30(5)57-24-34(23-51-57)38-21-39(53-54-46(38)49)37-8-6-7-9-41(37)59/h6-17,21-24,26-28,30,35,40,44,58-59H,18-20,25H2,1-5H3,(H2,49,54)(H,52,60)/t28-,30?,35+,40-,44+/m0/s1. The number of thiazole rings is 1. The fourth-order valence-corrected chi connectivity index (χ4v) is 8.86. The van der Waals surface area contributed by atoms with Crippen LogP contribution in [0.15, 0.2) is 107 Å². The summed E-state index contributed by atoms with van der Waals surface area (Å²) < 4.78 is 19.3. The maximum Gasteiger partial charge on any atom is 0.254 e. The van der Waals surface area contributed by atoms with Crippen LogP contribution in [0.5, 0.6) is 17.4 Å². The SMILES string of the molecule is Cc1ncsc1-c1ccc([C@H](C)NC(=O)[C@@H]2C[C@@H](O)CN2C(=O)[C@@H](c2cc(OCCOc3ccc(C(C)n4cc(-c5cc(-c6ccccc6O)nnc5N)cn4)cc3)no2)C(C)C)cc1. The number of likely N-dealkylation sites (tertiary alicyclic amines) is 1. The average Bonchev–Trinajstić information content (AvgIpc) is 4.14. The Morgan fingerprint density at radius 2 is 1.68 bits per heavy atom. The first-order valence-corrected chi connectivity index (χ1v) is 22.3. The van der Waals surface area contributed by atoms with E-state index in [1.54, 1.807) is 47.9 Å². The van der Waals surface area contributed by atoms with Crippen molar-refractivity contribution in [1.82, 2.24) is 40.3 Å². The number of nitrogens with zero attached hydrogens (tertiary/aromatic N) is 7. The molecule has 1 aliphatic heterocycles. The number of hydrogen-bond donors (Lipinski definition) is 4. The van der Waals surface area contributed by atoms with Crippen LogP contribution in [0.4, 0.5) is 5.82 Å². The van der Waals surface area contributed by atoms with E-state index in [-0.39, 0.29) is 73.4 Å². The average molecular weight is 898 g/mol. The molecule has 8 rings (SSSR count). The Kier molecular flexibility index (Phi) is 13.2. The van der Waals surface area contributed by atoms with E-state index in [1.807, 2.05) is 106 Å². The first-order valence-electron chi connectivity index (χ1n) is 21.4. The number of carbonyl (C=O) groups excluding carboxylic acids is 2. The second-order valence-corrected chi connectivity index (χ2v) is 17.4. The van der Waals surface area contributed by atoms with Gasteiger partial charge in [0.05, 0.1) is 46.2 Å². The fourth-order valence-electron chi connectivity index (χ4n) is 8.05. The second kappa shape index (κ2) is 19.3. The van der Waals surface area contributed by atoms with Crippen LogP contribution in [-0.4, -0.2) is 89.0 Å². The van der Waals surface area contributed by atoms with Crippen molar-refractivity contribution in [3.8, 4) is 50.2 Å². The van der Waals surface area contributed by atoms with Gasteiger partial charge in [-0.05, 0) is 78.9 Å². The van der Waals surface area contributed by atoms with Gasteiger partial charge in [0.1, 0.15) is 36.7 Å². The van der Waals surface area contributed by atoms with Gasteiger partial charge in [-0.3, -0.25) is 14.3 Å². The van der Waals surface area contributed by atoms with Crippen molar-refractivity contribution < 1.29 is 33.8 Å². The monoisotopic (exact) mass is 897 g/mol. The predicted octanol–water partition coefficient (Wildman–Crippen LogP) is 7.36. The zero-order valence-electron chi connectivity index (χ0n) is 36.7. The minimum atomic E-state index is -0.853. The highest BCUT2D eigenvalue weighted by Gasteiger charge is 2.43. The number of aromatic hydroxyl groups is 1. The van der Waals surface area contributed by atoms with Gasteiger partial charge >= 0.3 is 0 Å². The molecule has 3 aromatic carbocycles. The molecule has 5 heterocycles. The van der Waals surface area contributed by atoms with E-state index < -0.39 is 18.1 Å². The quantitative estimate of drug-likeness (QED) is 0.0698. The van der Waals surface area contributed by atoms with Crippen molar-refractivity contribution in [1.29, 1.82) is 0 Å². The van der Waals surface area contributed by atoms with Gasteiger partial charge in [-0.2, -0.15) is 5.10 Å². The van der Waals surface area contributed by atoms with Crippen molar-refractivity contribution in [2.75, 3.05) is 25.5 Å². The molecule has 5 N–H and O–H groups in total. The van der Waals surface area contributed by atoms with E-state index in [9.17, 15) is 19.8 Å². The van der Waals surface area contributed by atoms with E-state index in [0.29, 0.717) is 28.3 Å². The third-order valence-corrected chi connectivity index (χ3v) is 12.6. The Balaban J connectivity index is 0.832. The number of phenols is 1. The number of para-hydroxylation sites is 1. The molecular weight excluding hydrogens is 847 g/mol. The largest absolute Gasteiger partial charge is 0.507 e. The lowest BCUT2D eigenvalue weighted by atomic mass is 9.91. The Hall–Kier alpha value is -7.11. The number of β-amino-alcohol motifs (C(OH)–C–C–N with tert-alkyl or cyclic N) is 1. The van der Waals surface area contributed by atoms with Crippen LogP contribution in [0.1, 0.15) is 74.7 Å². The number of amides is 2. The number of nitrogens with one attached hydrogen (secondary N) is 1. The van der Waals surface area contributed by atoms with Crippen molar-refractivity contribution in [3.63, 3.8) is 0 Å². The number of aliphatic hydroxyl groups is 1. The van der Waals surface area contributed by atoms with Gasteiger partial charge < -0.3 is 40.2 Å². The summed E-state index contributed by atoms with van der Waals surface area (Å²) in [6.07, 6.45) is 2.89. The van der Waals surface area contributed by atoms with E-state index in [4.69, 9.17) is 19.7 Å². The molecule has 1 fully saturated rings. The number of aromatic nitrogens is 6. The lowest BCUT2D eigenvalue weighted by Crippen LogP contribution is -2.48. The van der Waals surface area contributed by atoms with Crippen LogP contribution in [0, 0.1) is 12.8 Å². The molecule has 2 amide bonds. The highest BCUT2D eigenvalue weighted by molar-refractivity contribution is 7.13. The topological polar surface area (TPSA) is 217 Å². The molecule has 4 aromatic heterocycles. The number of benzene rings is 3. The van der Waals surface area contributed by atoms with E-state index >= 15 is 0 Å². The summed E-state index contributed by atoms with van der Waals surface area (Å²) in [7, 11) is 0. The van der Waals surface area contributed by atoms with E-state index in [0.717, 1.165) is 32.8 Å². The van der Waals surface area contributed by atoms with E-state index in [2.05, 4.69) is 30.8 Å². The Bertz CT molecular complexity index is 2750. The number of anilines is 1. The van der Waals surface area contributed by atoms with Crippen molar-refractivity contribution in [2.45, 2.75) is 71.2 Å². The summed E-state index contributed by atoms with van der Waals surface area (Å²) in [6, 6.07) is 24.7. The molecule has 0 saturated carbocycles. The summed E-state index contributed by atoms with van der Waals surface area (Å²) in [6.45, 7) is 10.1. The molecule has 1 aliphatic rings. The van der Waals surface area contributed by atoms with Crippen molar-refractivity contribution in [2.24, 2.45) is 5.92 Å². The van der Waals surface area contributed by atoms with Gasteiger partial charge in [0.2, 0.25) is 11.8 Å². The number of hydrogen-bond acceptors (Lipinski definition) is 14. The van der Waals surface area contributed by atoms with Crippen LogP contribution in [0.25, 0.3) is 32.8 Å². The lowest BCUT2D eigenvalue weighted by molar-refractivity contribution is -0.141. The number of ether oxygens (including phenoxy) is 2. The molecule has 5 atom stereocenters. The maximum atomic E-state index is 14.2. The summed E-state index contributed by atoms with van der Waals surface area (Å²) in [5.41, 5.74) is 14.4.